The molecule has 0 spiro atoms. The molecule has 1 aromatic heterocycles. The minimum absolute atomic E-state index is 0.0807. The number of hydrogen-bond donors (Lipinski definition) is 1. The van der Waals surface area contributed by atoms with Gasteiger partial charge in [-0.2, -0.15) is 27.4 Å². The van der Waals surface area contributed by atoms with Crippen LogP contribution in [0, 0.1) is 0 Å². The molecule has 0 radical (unpaired) electrons. The predicted octanol–water partition coefficient (Wildman–Crippen LogP) is 2.44. The number of thiophene rings is 1. The highest BCUT2D eigenvalue weighted by atomic mass is 32.2. The number of thioether (sulfide) groups is 1. The second-order valence-corrected chi connectivity index (χ2v) is 10.1. The van der Waals surface area contributed by atoms with Crippen molar-refractivity contribution < 1.29 is 22.7 Å². The quantitative estimate of drug-likeness (QED) is 0.584. The fraction of sp³-hybridized carbons (Fsp3) is 0.421. The van der Waals surface area contributed by atoms with E-state index in [-0.39, 0.29) is 16.4 Å². The molecule has 3 rings (SSSR count). The van der Waals surface area contributed by atoms with Crippen molar-refractivity contribution in [2.75, 3.05) is 45.7 Å². The molecule has 7 nitrogen and oxygen atoms in total. The van der Waals surface area contributed by atoms with E-state index in [1.165, 1.54) is 35.2 Å². The van der Waals surface area contributed by atoms with Crippen LogP contribution in [0.15, 0.2) is 39.9 Å². The van der Waals surface area contributed by atoms with Gasteiger partial charge in [0.25, 0.3) is 5.91 Å². The topological polar surface area (TPSA) is 84.9 Å². The van der Waals surface area contributed by atoms with E-state index in [9.17, 15) is 13.2 Å². The summed E-state index contributed by atoms with van der Waals surface area (Å²) in [5, 5.41) is 7.00. The van der Waals surface area contributed by atoms with Crippen LogP contribution in [-0.2, 0) is 20.5 Å². The molecule has 1 aromatic carbocycles. The zero-order valence-electron chi connectivity index (χ0n) is 16.1. The van der Waals surface area contributed by atoms with Gasteiger partial charge in [-0.25, -0.2) is 8.42 Å². The van der Waals surface area contributed by atoms with Gasteiger partial charge in [0, 0.05) is 31.1 Å². The van der Waals surface area contributed by atoms with Crippen LogP contribution in [0.4, 0.5) is 0 Å². The Kier molecular flexibility index (Phi) is 7.96. The standard InChI is InChI=1S/C19H24N2O5S3/c1-25-18-3-2-16(29(23,24)21-6-8-26-9-7-21)12-17(18)19(22)20-5-11-28-14-15-4-10-27-13-15/h2-4,10,12-13H,5-9,11,14H2,1H3,(H,20,22). The lowest BCUT2D eigenvalue weighted by molar-refractivity contribution is 0.0730. The Morgan fingerprint density at radius 1 is 1.31 bits per heavy atom. The molecule has 10 heteroatoms. The first-order valence-corrected chi connectivity index (χ1v) is 12.7. The van der Waals surface area contributed by atoms with E-state index in [4.69, 9.17) is 9.47 Å². The van der Waals surface area contributed by atoms with Gasteiger partial charge in [-0.15, -0.1) is 0 Å². The zero-order chi connectivity index (χ0) is 20.7. The summed E-state index contributed by atoms with van der Waals surface area (Å²) in [4.78, 5) is 12.7. The number of carbonyl (C=O) groups excluding carboxylic acids is 1. The molecule has 0 bridgehead atoms. The second kappa shape index (κ2) is 10.4. The van der Waals surface area contributed by atoms with Crippen molar-refractivity contribution in [3.63, 3.8) is 0 Å². The van der Waals surface area contributed by atoms with Crippen LogP contribution in [0.2, 0.25) is 0 Å². The number of hydrogen-bond acceptors (Lipinski definition) is 7. The first-order chi connectivity index (χ1) is 14.0. The van der Waals surface area contributed by atoms with E-state index in [2.05, 4.69) is 16.8 Å². The number of methoxy groups -OCH3 is 1. The molecular formula is C19H24N2O5S3. The monoisotopic (exact) mass is 456 g/mol. The molecule has 1 fully saturated rings. The maximum absolute atomic E-state index is 12.9. The molecule has 2 heterocycles. The van der Waals surface area contributed by atoms with Crippen LogP contribution in [0.3, 0.4) is 0 Å². The Hall–Kier alpha value is -1.59. The fourth-order valence-corrected chi connectivity index (χ4v) is 5.87. The first kappa shape index (κ1) is 22.1. The number of benzene rings is 1. The van der Waals surface area contributed by atoms with Crippen LogP contribution in [0.25, 0.3) is 0 Å². The van der Waals surface area contributed by atoms with Crippen LogP contribution in [0.1, 0.15) is 15.9 Å². The summed E-state index contributed by atoms with van der Waals surface area (Å²) >= 11 is 3.40. The Labute approximate surface area is 179 Å². The third kappa shape index (κ3) is 5.73. The van der Waals surface area contributed by atoms with E-state index >= 15 is 0 Å². The molecule has 0 aliphatic carbocycles. The third-order valence-electron chi connectivity index (χ3n) is 4.40. The van der Waals surface area contributed by atoms with Crippen molar-refractivity contribution >= 4 is 39.0 Å². The first-order valence-electron chi connectivity index (χ1n) is 9.15. The maximum atomic E-state index is 12.9. The van der Waals surface area contributed by atoms with Gasteiger partial charge in [-0.1, -0.05) is 0 Å². The zero-order valence-corrected chi connectivity index (χ0v) is 18.6. The molecule has 0 saturated carbocycles. The summed E-state index contributed by atoms with van der Waals surface area (Å²) in [6.45, 7) is 1.82. The molecule has 0 atom stereocenters. The van der Waals surface area contributed by atoms with Gasteiger partial charge in [0.05, 0.1) is 30.8 Å². The van der Waals surface area contributed by atoms with Crippen molar-refractivity contribution in [1.82, 2.24) is 9.62 Å². The molecule has 1 amide bonds. The molecule has 29 heavy (non-hydrogen) atoms. The average molecular weight is 457 g/mol. The summed E-state index contributed by atoms with van der Waals surface area (Å²) in [6, 6.07) is 6.46. The Bertz CT molecular complexity index is 910. The number of carbonyl (C=O) groups is 1. The van der Waals surface area contributed by atoms with Crippen molar-refractivity contribution in [2.24, 2.45) is 0 Å². The van der Waals surface area contributed by atoms with Crippen LogP contribution < -0.4 is 10.1 Å². The van der Waals surface area contributed by atoms with Crippen molar-refractivity contribution in [1.29, 1.82) is 0 Å². The Morgan fingerprint density at radius 2 is 2.10 bits per heavy atom. The van der Waals surface area contributed by atoms with Gasteiger partial charge in [0.2, 0.25) is 10.0 Å². The number of morpholine rings is 1. The summed E-state index contributed by atoms with van der Waals surface area (Å²) < 4.78 is 37.6. The summed E-state index contributed by atoms with van der Waals surface area (Å²) in [7, 11) is -2.23. The van der Waals surface area contributed by atoms with Gasteiger partial charge < -0.3 is 14.8 Å². The Morgan fingerprint density at radius 3 is 2.79 bits per heavy atom. The molecule has 2 aromatic rings. The van der Waals surface area contributed by atoms with Gasteiger partial charge in [0.1, 0.15) is 5.75 Å². The molecule has 1 saturated heterocycles. The molecule has 158 valence electrons. The van der Waals surface area contributed by atoms with E-state index in [1.54, 1.807) is 23.1 Å². The number of amides is 1. The maximum Gasteiger partial charge on any atom is 0.255 e. The molecule has 0 unspecified atom stereocenters. The number of nitrogens with zero attached hydrogens (tertiary/aromatic N) is 1. The molecular weight excluding hydrogens is 432 g/mol. The highest BCUT2D eigenvalue weighted by molar-refractivity contribution is 7.98. The summed E-state index contributed by atoms with van der Waals surface area (Å²) in [5.41, 5.74) is 1.48. The fourth-order valence-electron chi connectivity index (χ4n) is 2.86. The van der Waals surface area contributed by atoms with Crippen LogP contribution in [0.5, 0.6) is 5.75 Å². The molecule has 1 N–H and O–H groups in total. The summed E-state index contributed by atoms with van der Waals surface area (Å²) in [6.07, 6.45) is 0. The number of ether oxygens (including phenoxy) is 2. The summed E-state index contributed by atoms with van der Waals surface area (Å²) in [5.74, 6) is 1.65. The predicted molar refractivity (Wildman–Crippen MR) is 115 cm³/mol. The van der Waals surface area contributed by atoms with E-state index in [0.717, 1.165) is 11.5 Å². The smallest absolute Gasteiger partial charge is 0.255 e. The molecule has 1 aliphatic rings. The second-order valence-electron chi connectivity index (χ2n) is 6.32. The van der Waals surface area contributed by atoms with E-state index in [0.29, 0.717) is 38.6 Å². The third-order valence-corrected chi connectivity index (χ3v) is 8.06. The highest BCUT2D eigenvalue weighted by Gasteiger charge is 2.28. The van der Waals surface area contributed by atoms with Gasteiger partial charge in [-0.3, -0.25) is 4.79 Å². The van der Waals surface area contributed by atoms with Gasteiger partial charge in [-0.05, 0) is 40.6 Å². The van der Waals surface area contributed by atoms with Crippen LogP contribution in [-0.4, -0.2) is 64.3 Å². The van der Waals surface area contributed by atoms with E-state index in [1.807, 2.05) is 5.38 Å². The largest absolute Gasteiger partial charge is 0.496 e. The van der Waals surface area contributed by atoms with Crippen molar-refractivity contribution in [3.8, 4) is 5.75 Å². The number of sulfonamides is 1. The lowest BCUT2D eigenvalue weighted by atomic mass is 10.2. The molecule has 1 aliphatic heterocycles. The van der Waals surface area contributed by atoms with E-state index < -0.39 is 10.0 Å². The number of nitrogens with one attached hydrogen (secondary N) is 1. The van der Waals surface area contributed by atoms with Crippen LogP contribution >= 0.6 is 23.1 Å². The SMILES string of the molecule is COc1ccc(S(=O)(=O)N2CCOCC2)cc1C(=O)NCCSCc1ccsc1. The minimum atomic E-state index is -3.68. The average Bonchev–Trinajstić information content (AvgIpc) is 3.27. The Balaban J connectivity index is 1.63. The van der Waals surface area contributed by atoms with Gasteiger partial charge in [0.15, 0.2) is 0 Å². The minimum Gasteiger partial charge on any atom is -0.496 e. The normalized spacial score (nSPS) is 15.2. The van der Waals surface area contributed by atoms with Crippen molar-refractivity contribution in [3.05, 3.63) is 46.2 Å². The van der Waals surface area contributed by atoms with Gasteiger partial charge >= 0.3 is 0 Å². The highest BCUT2D eigenvalue weighted by Crippen LogP contribution is 2.25. The lowest BCUT2D eigenvalue weighted by Crippen LogP contribution is -2.40. The van der Waals surface area contributed by atoms with Crippen molar-refractivity contribution in [2.45, 2.75) is 10.6 Å². The number of rotatable bonds is 9. The lowest BCUT2D eigenvalue weighted by Gasteiger charge is -2.26.